The normalized spacial score (nSPS) is 10.6. The summed E-state index contributed by atoms with van der Waals surface area (Å²) in [4.78, 5) is 6.85. The van der Waals surface area contributed by atoms with E-state index in [0.717, 1.165) is 10.9 Å². The molecule has 0 radical (unpaired) electrons. The number of nitrogens with zero attached hydrogens (tertiary/aromatic N) is 1. The molecule has 2 rings (SSSR count). The molecule has 1 N–H and O–H groups in total. The molecule has 1 heterocycles. The van der Waals surface area contributed by atoms with Gasteiger partial charge in [0, 0.05) is 10.4 Å². The lowest BCUT2D eigenvalue weighted by Gasteiger charge is -2.00. The van der Waals surface area contributed by atoms with Gasteiger partial charge in [-0.2, -0.15) is 0 Å². The molecule has 0 spiro atoms. The number of fused-ring (bicyclic) bond motifs is 1. The molecule has 5 heteroatoms. The molecule has 13 heavy (non-hydrogen) atoms. The highest BCUT2D eigenvalue weighted by Gasteiger charge is 2.02. The van der Waals surface area contributed by atoms with Crippen molar-refractivity contribution < 1.29 is 0 Å². The molecule has 0 fully saturated rings. The minimum Gasteiger partial charge on any atom is -0.345 e. The molecule has 0 saturated heterocycles. The van der Waals surface area contributed by atoms with Gasteiger partial charge in [0.05, 0.1) is 16.9 Å². The van der Waals surface area contributed by atoms with Crippen LogP contribution in [0.3, 0.4) is 0 Å². The van der Waals surface area contributed by atoms with E-state index in [9.17, 15) is 0 Å². The average Bonchev–Trinajstić information content (AvgIpc) is 2.07. The number of aromatic amines is 1. The van der Waals surface area contributed by atoms with Gasteiger partial charge in [-0.3, -0.25) is 0 Å². The van der Waals surface area contributed by atoms with E-state index in [-0.39, 0.29) is 0 Å². The van der Waals surface area contributed by atoms with E-state index in [1.807, 2.05) is 0 Å². The molecular formula is C8H4Cl2N2S. The Labute approximate surface area is 89.5 Å². The van der Waals surface area contributed by atoms with Gasteiger partial charge in [0.2, 0.25) is 0 Å². The molecule has 0 atom stereocenters. The summed E-state index contributed by atoms with van der Waals surface area (Å²) in [7, 11) is 0. The fourth-order valence-electron chi connectivity index (χ4n) is 1.11. The van der Waals surface area contributed by atoms with Crippen molar-refractivity contribution in [3.63, 3.8) is 0 Å². The van der Waals surface area contributed by atoms with Gasteiger partial charge in [0.25, 0.3) is 0 Å². The molecule has 2 nitrogen and oxygen atoms in total. The van der Waals surface area contributed by atoms with Gasteiger partial charge in [-0.25, -0.2) is 4.98 Å². The third kappa shape index (κ3) is 1.55. The van der Waals surface area contributed by atoms with E-state index in [1.165, 1.54) is 6.33 Å². The first-order chi connectivity index (χ1) is 6.18. The van der Waals surface area contributed by atoms with E-state index in [4.69, 9.17) is 35.4 Å². The van der Waals surface area contributed by atoms with Gasteiger partial charge in [-0.05, 0) is 12.1 Å². The molecule has 0 unspecified atom stereocenters. The van der Waals surface area contributed by atoms with Crippen LogP contribution in [0.5, 0.6) is 0 Å². The lowest BCUT2D eigenvalue weighted by atomic mass is 10.2. The third-order valence-electron chi connectivity index (χ3n) is 1.68. The Morgan fingerprint density at radius 2 is 2.08 bits per heavy atom. The zero-order chi connectivity index (χ0) is 9.42. The summed E-state index contributed by atoms with van der Waals surface area (Å²) in [6.07, 6.45) is 1.52. The lowest BCUT2D eigenvalue weighted by molar-refractivity contribution is 1.21. The van der Waals surface area contributed by atoms with Crippen LogP contribution in [0.1, 0.15) is 0 Å². The topological polar surface area (TPSA) is 28.7 Å². The SMILES string of the molecule is S=c1nc[nH]c2c(Cl)cc(Cl)cc12. The van der Waals surface area contributed by atoms with Crippen molar-refractivity contribution in [1.29, 1.82) is 0 Å². The monoisotopic (exact) mass is 230 g/mol. The number of benzene rings is 1. The molecule has 0 aliphatic heterocycles. The summed E-state index contributed by atoms with van der Waals surface area (Å²) in [6, 6.07) is 3.41. The van der Waals surface area contributed by atoms with Crippen molar-refractivity contribution in [2.75, 3.05) is 0 Å². The van der Waals surface area contributed by atoms with Crippen LogP contribution < -0.4 is 0 Å². The number of H-pyrrole nitrogens is 1. The quantitative estimate of drug-likeness (QED) is 0.701. The number of halogens is 2. The smallest absolute Gasteiger partial charge is 0.137 e. The molecule has 0 bridgehead atoms. The Morgan fingerprint density at radius 1 is 1.31 bits per heavy atom. The first-order valence-corrected chi connectivity index (χ1v) is 4.67. The predicted molar refractivity (Wildman–Crippen MR) is 56.9 cm³/mol. The third-order valence-corrected chi connectivity index (χ3v) is 2.52. The van der Waals surface area contributed by atoms with Crippen molar-refractivity contribution in [3.8, 4) is 0 Å². The molecule has 0 aliphatic rings. The Bertz CT molecular complexity index is 521. The molecule has 0 saturated carbocycles. The molecular weight excluding hydrogens is 227 g/mol. The van der Waals surface area contributed by atoms with Gasteiger partial charge >= 0.3 is 0 Å². The fraction of sp³-hybridized carbons (Fsp3) is 0. The van der Waals surface area contributed by atoms with Crippen LogP contribution in [0.15, 0.2) is 18.5 Å². The van der Waals surface area contributed by atoms with Gasteiger partial charge in [-0.1, -0.05) is 35.4 Å². The highest BCUT2D eigenvalue weighted by atomic mass is 35.5. The Kier molecular flexibility index (Phi) is 2.24. The molecule has 1 aromatic carbocycles. The highest BCUT2D eigenvalue weighted by molar-refractivity contribution is 7.71. The minimum atomic E-state index is 0.498. The van der Waals surface area contributed by atoms with Crippen molar-refractivity contribution in [2.45, 2.75) is 0 Å². The first kappa shape index (κ1) is 8.94. The number of aromatic nitrogens is 2. The Morgan fingerprint density at radius 3 is 2.85 bits per heavy atom. The molecule has 0 aliphatic carbocycles. The van der Waals surface area contributed by atoms with Crippen LogP contribution in [0.2, 0.25) is 10.0 Å². The lowest BCUT2D eigenvalue weighted by Crippen LogP contribution is -1.84. The summed E-state index contributed by atoms with van der Waals surface area (Å²) >= 11 is 16.8. The van der Waals surface area contributed by atoms with E-state index in [0.29, 0.717) is 14.7 Å². The van der Waals surface area contributed by atoms with Crippen LogP contribution in [-0.4, -0.2) is 9.97 Å². The maximum Gasteiger partial charge on any atom is 0.137 e. The highest BCUT2D eigenvalue weighted by Crippen LogP contribution is 2.25. The second-order valence-electron chi connectivity index (χ2n) is 2.52. The average molecular weight is 231 g/mol. The number of hydrogen-bond donors (Lipinski definition) is 1. The summed E-state index contributed by atoms with van der Waals surface area (Å²) in [5.41, 5.74) is 0.770. The van der Waals surface area contributed by atoms with Gasteiger partial charge in [-0.15, -0.1) is 0 Å². The summed E-state index contributed by atoms with van der Waals surface area (Å²) in [5.74, 6) is 0. The minimum absolute atomic E-state index is 0.498. The van der Waals surface area contributed by atoms with Crippen LogP contribution in [0.4, 0.5) is 0 Å². The summed E-state index contributed by atoms with van der Waals surface area (Å²) < 4.78 is 0.498. The molecule has 0 amide bonds. The second kappa shape index (κ2) is 3.25. The van der Waals surface area contributed by atoms with Crippen molar-refractivity contribution in [3.05, 3.63) is 33.1 Å². The van der Waals surface area contributed by atoms with Crippen LogP contribution in [-0.2, 0) is 0 Å². The maximum atomic E-state index is 5.94. The molecule has 2 aromatic rings. The van der Waals surface area contributed by atoms with Gasteiger partial charge in [0.15, 0.2) is 0 Å². The standard InChI is InChI=1S/C8H4Cl2N2S/c9-4-1-5-7(6(10)2-4)11-3-12-8(5)13/h1-3H,(H,11,12,13). The van der Waals surface area contributed by atoms with Crippen molar-refractivity contribution in [1.82, 2.24) is 9.97 Å². The second-order valence-corrected chi connectivity index (χ2v) is 3.75. The number of hydrogen-bond acceptors (Lipinski definition) is 2. The Balaban J connectivity index is 3.03. The van der Waals surface area contributed by atoms with E-state index in [1.54, 1.807) is 12.1 Å². The van der Waals surface area contributed by atoms with Gasteiger partial charge in [0.1, 0.15) is 4.64 Å². The summed E-state index contributed by atoms with van der Waals surface area (Å²) in [6.45, 7) is 0. The number of rotatable bonds is 0. The zero-order valence-corrected chi connectivity index (χ0v) is 8.67. The van der Waals surface area contributed by atoms with Crippen LogP contribution in [0.25, 0.3) is 10.9 Å². The first-order valence-electron chi connectivity index (χ1n) is 3.51. The largest absolute Gasteiger partial charge is 0.345 e. The van der Waals surface area contributed by atoms with Crippen molar-refractivity contribution >= 4 is 46.3 Å². The maximum absolute atomic E-state index is 5.94. The van der Waals surface area contributed by atoms with E-state index >= 15 is 0 Å². The number of nitrogens with one attached hydrogen (secondary N) is 1. The Hall–Kier alpha value is -0.640. The molecule has 1 aromatic heterocycles. The zero-order valence-electron chi connectivity index (χ0n) is 6.34. The van der Waals surface area contributed by atoms with Crippen LogP contribution >= 0.6 is 35.4 Å². The fourth-order valence-corrected chi connectivity index (χ4v) is 1.88. The van der Waals surface area contributed by atoms with E-state index < -0.39 is 0 Å². The molecule has 66 valence electrons. The summed E-state index contributed by atoms with van der Waals surface area (Å²) in [5, 5.41) is 1.89. The van der Waals surface area contributed by atoms with Crippen molar-refractivity contribution in [2.24, 2.45) is 0 Å². The van der Waals surface area contributed by atoms with Gasteiger partial charge < -0.3 is 4.98 Å². The van der Waals surface area contributed by atoms with Crippen LogP contribution in [0, 0.1) is 4.64 Å². The van der Waals surface area contributed by atoms with E-state index in [2.05, 4.69) is 9.97 Å². The predicted octanol–water partition coefficient (Wildman–Crippen LogP) is 3.60.